The minimum Gasteiger partial charge on any atom is -0.441 e. The number of hydrogen-bond donors (Lipinski definition) is 1. The summed E-state index contributed by atoms with van der Waals surface area (Å²) in [6.45, 7) is 7.24. The van der Waals surface area contributed by atoms with Crippen LogP contribution in [0.25, 0.3) is 11.3 Å². The molecule has 18 heavy (non-hydrogen) atoms. The van der Waals surface area contributed by atoms with Gasteiger partial charge in [0.2, 0.25) is 0 Å². The maximum atomic E-state index is 5.78. The molecule has 0 bridgehead atoms. The molecule has 0 aliphatic heterocycles. The summed E-state index contributed by atoms with van der Waals surface area (Å²) in [5, 5.41) is 3.35. The van der Waals surface area contributed by atoms with Crippen molar-refractivity contribution in [2.45, 2.75) is 33.2 Å². The highest BCUT2D eigenvalue weighted by atomic mass is 16.4. The molecule has 0 saturated carbocycles. The van der Waals surface area contributed by atoms with Gasteiger partial charge in [-0.1, -0.05) is 38.1 Å². The third kappa shape index (κ3) is 3.20. The zero-order valence-corrected chi connectivity index (χ0v) is 11.2. The van der Waals surface area contributed by atoms with E-state index in [9.17, 15) is 0 Å². The number of nitrogens with one attached hydrogen (secondary N) is 1. The van der Waals surface area contributed by atoms with Crippen LogP contribution in [0.4, 0.5) is 0 Å². The van der Waals surface area contributed by atoms with Crippen molar-refractivity contribution in [3.63, 3.8) is 0 Å². The molecule has 3 heteroatoms. The number of aryl methyl sites for hydroxylation is 1. The van der Waals surface area contributed by atoms with Crippen LogP contribution in [0, 0.1) is 6.92 Å². The van der Waals surface area contributed by atoms with Crippen LogP contribution in [0.15, 0.2) is 34.9 Å². The molecule has 0 aliphatic rings. The normalized spacial score (nSPS) is 11.1. The number of rotatable bonds is 5. The van der Waals surface area contributed by atoms with Crippen molar-refractivity contribution in [3.8, 4) is 11.3 Å². The molecule has 0 radical (unpaired) electrons. The highest BCUT2D eigenvalue weighted by Gasteiger charge is 2.08. The van der Waals surface area contributed by atoms with E-state index in [-0.39, 0.29) is 0 Å². The van der Waals surface area contributed by atoms with Crippen LogP contribution in [0.3, 0.4) is 0 Å². The minimum absolute atomic E-state index is 0.496. The van der Waals surface area contributed by atoms with E-state index in [2.05, 4.69) is 43.2 Å². The Kier molecular flexibility index (Phi) is 4.15. The molecule has 1 N–H and O–H groups in total. The summed E-state index contributed by atoms with van der Waals surface area (Å²) in [6.07, 6.45) is 2.64. The predicted molar refractivity (Wildman–Crippen MR) is 73.5 cm³/mol. The van der Waals surface area contributed by atoms with E-state index < -0.39 is 0 Å². The quantitative estimate of drug-likeness (QED) is 0.877. The van der Waals surface area contributed by atoms with Gasteiger partial charge in [0.05, 0.1) is 6.20 Å². The lowest BCUT2D eigenvalue weighted by Gasteiger charge is -2.05. The van der Waals surface area contributed by atoms with Crippen molar-refractivity contribution in [3.05, 3.63) is 41.9 Å². The lowest BCUT2D eigenvalue weighted by atomic mass is 10.1. The fourth-order valence-corrected chi connectivity index (χ4v) is 1.87. The molecule has 0 saturated heterocycles. The summed E-state index contributed by atoms with van der Waals surface area (Å²) in [7, 11) is 0. The van der Waals surface area contributed by atoms with Gasteiger partial charge in [0, 0.05) is 24.6 Å². The van der Waals surface area contributed by atoms with Gasteiger partial charge < -0.3 is 9.73 Å². The van der Waals surface area contributed by atoms with Crippen LogP contribution in [0.5, 0.6) is 0 Å². The van der Waals surface area contributed by atoms with Crippen molar-refractivity contribution in [1.29, 1.82) is 0 Å². The Hall–Kier alpha value is -1.61. The van der Waals surface area contributed by atoms with Gasteiger partial charge in [0.1, 0.15) is 0 Å². The molecule has 1 aromatic heterocycles. The molecule has 0 atom stereocenters. The lowest BCUT2D eigenvalue weighted by molar-refractivity contribution is 0.484. The van der Waals surface area contributed by atoms with Gasteiger partial charge in [-0.05, 0) is 12.5 Å². The van der Waals surface area contributed by atoms with E-state index in [1.54, 1.807) is 0 Å². The number of benzene rings is 1. The second kappa shape index (κ2) is 5.83. The third-order valence-electron chi connectivity index (χ3n) is 2.86. The average Bonchev–Trinajstić information content (AvgIpc) is 2.78. The number of oxazole rings is 1. The Morgan fingerprint density at radius 3 is 2.78 bits per heavy atom. The van der Waals surface area contributed by atoms with Crippen LogP contribution in [-0.2, 0) is 6.42 Å². The first kappa shape index (κ1) is 12.8. The maximum absolute atomic E-state index is 5.78. The highest BCUT2D eigenvalue weighted by molar-refractivity contribution is 5.60. The van der Waals surface area contributed by atoms with Gasteiger partial charge in [-0.2, -0.15) is 0 Å². The Labute approximate surface area is 108 Å². The summed E-state index contributed by atoms with van der Waals surface area (Å²) in [5.74, 6) is 1.65. The summed E-state index contributed by atoms with van der Waals surface area (Å²) < 4.78 is 5.78. The molecule has 96 valence electrons. The topological polar surface area (TPSA) is 38.1 Å². The van der Waals surface area contributed by atoms with E-state index in [1.807, 2.05) is 18.3 Å². The first-order valence-corrected chi connectivity index (χ1v) is 6.41. The lowest BCUT2D eigenvalue weighted by Crippen LogP contribution is -2.24. The van der Waals surface area contributed by atoms with Crippen LogP contribution in [-0.4, -0.2) is 17.6 Å². The van der Waals surface area contributed by atoms with Gasteiger partial charge in [-0.3, -0.25) is 0 Å². The Balaban J connectivity index is 2.04. The summed E-state index contributed by atoms with van der Waals surface area (Å²) in [5.41, 5.74) is 2.33. The van der Waals surface area contributed by atoms with Crippen LogP contribution >= 0.6 is 0 Å². The molecule has 0 fully saturated rings. The van der Waals surface area contributed by atoms with Crippen molar-refractivity contribution in [2.75, 3.05) is 6.54 Å². The van der Waals surface area contributed by atoms with Gasteiger partial charge in [0.15, 0.2) is 11.7 Å². The zero-order valence-electron chi connectivity index (χ0n) is 11.2. The molecule has 0 amide bonds. The second-order valence-electron chi connectivity index (χ2n) is 4.79. The van der Waals surface area contributed by atoms with Crippen molar-refractivity contribution >= 4 is 0 Å². The molecular weight excluding hydrogens is 224 g/mol. The fourth-order valence-electron chi connectivity index (χ4n) is 1.87. The van der Waals surface area contributed by atoms with E-state index in [4.69, 9.17) is 4.42 Å². The smallest absolute Gasteiger partial charge is 0.196 e. The van der Waals surface area contributed by atoms with Crippen molar-refractivity contribution < 1.29 is 4.42 Å². The molecule has 1 aromatic carbocycles. The van der Waals surface area contributed by atoms with E-state index in [0.717, 1.165) is 30.2 Å². The monoisotopic (exact) mass is 244 g/mol. The number of nitrogens with zero attached hydrogens (tertiary/aromatic N) is 1. The summed E-state index contributed by atoms with van der Waals surface area (Å²) in [6, 6.07) is 8.69. The van der Waals surface area contributed by atoms with E-state index in [0.29, 0.717) is 6.04 Å². The minimum atomic E-state index is 0.496. The first-order chi connectivity index (χ1) is 8.66. The van der Waals surface area contributed by atoms with Gasteiger partial charge in [-0.15, -0.1) is 0 Å². The Bertz CT molecular complexity index is 503. The average molecular weight is 244 g/mol. The molecule has 3 nitrogen and oxygen atoms in total. The first-order valence-electron chi connectivity index (χ1n) is 6.41. The second-order valence-corrected chi connectivity index (χ2v) is 4.79. The predicted octanol–water partition coefficient (Wildman–Crippen LogP) is 3.19. The molecule has 0 spiro atoms. The zero-order chi connectivity index (χ0) is 13.0. The fraction of sp³-hybridized carbons (Fsp3) is 0.400. The van der Waals surface area contributed by atoms with Gasteiger partial charge in [-0.25, -0.2) is 4.98 Å². The number of hydrogen-bond acceptors (Lipinski definition) is 3. The highest BCUT2D eigenvalue weighted by Crippen LogP contribution is 2.23. The molecule has 2 rings (SSSR count). The van der Waals surface area contributed by atoms with Crippen molar-refractivity contribution in [2.24, 2.45) is 0 Å². The van der Waals surface area contributed by atoms with Crippen LogP contribution in [0.2, 0.25) is 0 Å². The standard InChI is InChI=1S/C15H20N2O/c1-11(2)16-9-8-15-17-10-14(18-15)13-7-5-4-6-12(13)3/h4-7,10-11,16H,8-9H2,1-3H3. The summed E-state index contributed by atoms with van der Waals surface area (Å²) >= 11 is 0. The molecule has 2 aromatic rings. The van der Waals surface area contributed by atoms with E-state index in [1.165, 1.54) is 5.56 Å². The number of aromatic nitrogens is 1. The third-order valence-corrected chi connectivity index (χ3v) is 2.86. The Morgan fingerprint density at radius 2 is 2.06 bits per heavy atom. The largest absolute Gasteiger partial charge is 0.441 e. The van der Waals surface area contributed by atoms with Gasteiger partial charge in [0.25, 0.3) is 0 Å². The van der Waals surface area contributed by atoms with Crippen molar-refractivity contribution in [1.82, 2.24) is 10.3 Å². The molecule has 0 unspecified atom stereocenters. The molecule has 0 aliphatic carbocycles. The van der Waals surface area contributed by atoms with Crippen LogP contribution in [0.1, 0.15) is 25.3 Å². The Morgan fingerprint density at radius 1 is 1.28 bits per heavy atom. The molecular formula is C15H20N2O. The van der Waals surface area contributed by atoms with Crippen LogP contribution < -0.4 is 5.32 Å². The maximum Gasteiger partial charge on any atom is 0.196 e. The summed E-state index contributed by atoms with van der Waals surface area (Å²) in [4.78, 5) is 4.32. The van der Waals surface area contributed by atoms with Gasteiger partial charge >= 0.3 is 0 Å². The molecule has 1 heterocycles. The SMILES string of the molecule is Cc1ccccc1-c1cnc(CCNC(C)C)o1. The van der Waals surface area contributed by atoms with E-state index >= 15 is 0 Å².